The number of hydrogen-bond donors (Lipinski definition) is 2. The van der Waals surface area contributed by atoms with Gasteiger partial charge in [-0.25, -0.2) is 4.79 Å². The molecule has 0 bridgehead atoms. The number of nitrogens with zero attached hydrogens (tertiary/aromatic N) is 2. The summed E-state index contributed by atoms with van der Waals surface area (Å²) in [6.07, 6.45) is 0.579. The SMILES string of the molecule is C=CC(=O)Nc1cc(NC(=O)OC(C)(C)C)c(OC)cc1N(C)CCN(C)C. The summed E-state index contributed by atoms with van der Waals surface area (Å²) in [5, 5.41) is 5.46. The van der Waals surface area contributed by atoms with Crippen LogP contribution >= 0.6 is 0 Å². The summed E-state index contributed by atoms with van der Waals surface area (Å²) < 4.78 is 10.7. The molecular formula is C20H32N4O4. The summed E-state index contributed by atoms with van der Waals surface area (Å²) in [5.41, 5.74) is 1.03. The van der Waals surface area contributed by atoms with E-state index in [9.17, 15) is 9.59 Å². The van der Waals surface area contributed by atoms with Crippen molar-refractivity contribution in [2.24, 2.45) is 0 Å². The molecule has 2 N–H and O–H groups in total. The molecule has 0 aromatic heterocycles. The molecule has 1 rings (SSSR count). The first-order valence-corrected chi connectivity index (χ1v) is 8.98. The van der Waals surface area contributed by atoms with E-state index in [0.717, 1.165) is 18.8 Å². The van der Waals surface area contributed by atoms with Gasteiger partial charge in [0, 0.05) is 26.2 Å². The molecule has 0 aliphatic carbocycles. The van der Waals surface area contributed by atoms with Crippen LogP contribution in [0.25, 0.3) is 0 Å². The Morgan fingerprint density at radius 3 is 2.25 bits per heavy atom. The number of likely N-dealkylation sites (N-methyl/N-ethyl adjacent to an activating group) is 2. The van der Waals surface area contributed by atoms with Crippen molar-refractivity contribution < 1.29 is 19.1 Å². The monoisotopic (exact) mass is 392 g/mol. The second-order valence-electron chi connectivity index (χ2n) is 7.61. The molecule has 0 spiro atoms. The molecule has 2 amide bonds. The normalized spacial score (nSPS) is 11.0. The molecule has 0 fully saturated rings. The Kier molecular flexibility index (Phi) is 8.31. The zero-order valence-corrected chi connectivity index (χ0v) is 17.9. The first-order chi connectivity index (χ1) is 13.0. The summed E-state index contributed by atoms with van der Waals surface area (Å²) in [7, 11) is 7.41. The topological polar surface area (TPSA) is 83.1 Å². The van der Waals surface area contributed by atoms with E-state index >= 15 is 0 Å². The Labute approximate surface area is 167 Å². The molecule has 0 saturated carbocycles. The van der Waals surface area contributed by atoms with Crippen LogP contribution in [0, 0.1) is 0 Å². The quantitative estimate of drug-likeness (QED) is 0.661. The number of methoxy groups -OCH3 is 1. The highest BCUT2D eigenvalue weighted by Gasteiger charge is 2.20. The van der Waals surface area contributed by atoms with Crippen molar-refractivity contribution in [1.29, 1.82) is 0 Å². The Balaban J connectivity index is 3.27. The molecule has 28 heavy (non-hydrogen) atoms. The van der Waals surface area contributed by atoms with Crippen LogP contribution in [0.4, 0.5) is 21.9 Å². The Bertz CT molecular complexity index is 711. The van der Waals surface area contributed by atoms with Crippen molar-refractivity contribution in [2.75, 3.05) is 56.9 Å². The van der Waals surface area contributed by atoms with Gasteiger partial charge < -0.3 is 24.6 Å². The maximum atomic E-state index is 12.2. The number of carbonyl (C=O) groups excluding carboxylic acids is 2. The Morgan fingerprint density at radius 1 is 1.11 bits per heavy atom. The van der Waals surface area contributed by atoms with E-state index in [1.807, 2.05) is 26.0 Å². The first-order valence-electron chi connectivity index (χ1n) is 8.98. The van der Waals surface area contributed by atoms with Crippen molar-refractivity contribution in [3.05, 3.63) is 24.8 Å². The number of carbonyl (C=O) groups is 2. The lowest BCUT2D eigenvalue weighted by Gasteiger charge is -2.26. The molecule has 8 nitrogen and oxygen atoms in total. The maximum absolute atomic E-state index is 12.2. The molecule has 0 aliphatic rings. The lowest BCUT2D eigenvalue weighted by Crippen LogP contribution is -2.29. The minimum atomic E-state index is -0.635. The van der Waals surface area contributed by atoms with E-state index in [0.29, 0.717) is 17.1 Å². The molecule has 1 aromatic carbocycles. The van der Waals surface area contributed by atoms with Crippen molar-refractivity contribution >= 4 is 29.1 Å². The molecule has 156 valence electrons. The third-order valence-electron chi connectivity index (χ3n) is 3.69. The van der Waals surface area contributed by atoms with Crippen LogP contribution in [-0.2, 0) is 9.53 Å². The van der Waals surface area contributed by atoms with Crippen LogP contribution in [0.3, 0.4) is 0 Å². The van der Waals surface area contributed by atoms with Gasteiger partial charge in [-0.05, 0) is 47.0 Å². The van der Waals surface area contributed by atoms with E-state index in [1.165, 1.54) is 13.2 Å². The standard InChI is InChI=1S/C20H32N4O4/c1-9-18(25)21-14-12-15(22-19(26)28-20(2,3)4)17(27-8)13-16(14)24(7)11-10-23(5)6/h9,12-13H,1,10-11H2,2-8H3,(H,21,25)(H,22,26). The van der Waals surface area contributed by atoms with Crippen LogP contribution in [-0.4, -0.2) is 63.8 Å². The number of nitrogens with one attached hydrogen (secondary N) is 2. The molecule has 0 aliphatic heterocycles. The second kappa shape index (κ2) is 9.98. The highest BCUT2D eigenvalue weighted by atomic mass is 16.6. The van der Waals surface area contributed by atoms with Crippen LogP contribution in [0.1, 0.15) is 20.8 Å². The molecule has 0 unspecified atom stereocenters. The van der Waals surface area contributed by atoms with Gasteiger partial charge in [0.05, 0.1) is 24.2 Å². The molecule has 8 heteroatoms. The van der Waals surface area contributed by atoms with Gasteiger partial charge in [0.2, 0.25) is 5.91 Å². The van der Waals surface area contributed by atoms with Crippen molar-refractivity contribution in [3.8, 4) is 5.75 Å². The fraction of sp³-hybridized carbons (Fsp3) is 0.500. The fourth-order valence-electron chi connectivity index (χ4n) is 2.32. The predicted molar refractivity (Wildman–Crippen MR) is 114 cm³/mol. The third kappa shape index (κ3) is 7.48. The van der Waals surface area contributed by atoms with Gasteiger partial charge in [-0.1, -0.05) is 6.58 Å². The first kappa shape index (κ1) is 23.3. The molecule has 0 heterocycles. The van der Waals surface area contributed by atoms with E-state index < -0.39 is 11.7 Å². The van der Waals surface area contributed by atoms with Gasteiger partial charge in [-0.3, -0.25) is 10.1 Å². The smallest absolute Gasteiger partial charge is 0.412 e. The average Bonchev–Trinajstić information content (AvgIpc) is 2.57. The third-order valence-corrected chi connectivity index (χ3v) is 3.69. The van der Waals surface area contributed by atoms with Gasteiger partial charge in [-0.2, -0.15) is 0 Å². The molecule has 1 aromatic rings. The second-order valence-corrected chi connectivity index (χ2v) is 7.61. The zero-order valence-electron chi connectivity index (χ0n) is 17.9. The molecule has 0 saturated heterocycles. The zero-order chi connectivity index (χ0) is 21.5. The summed E-state index contributed by atoms with van der Waals surface area (Å²) in [4.78, 5) is 28.1. The van der Waals surface area contributed by atoms with E-state index in [1.54, 1.807) is 32.9 Å². The Morgan fingerprint density at radius 2 is 1.75 bits per heavy atom. The van der Waals surface area contributed by atoms with Gasteiger partial charge in [0.1, 0.15) is 11.4 Å². The molecular weight excluding hydrogens is 360 g/mol. The molecule has 0 radical (unpaired) electrons. The number of anilines is 3. The van der Waals surface area contributed by atoms with Crippen LogP contribution < -0.4 is 20.3 Å². The van der Waals surface area contributed by atoms with Crippen LogP contribution in [0.5, 0.6) is 5.75 Å². The number of rotatable bonds is 8. The minimum Gasteiger partial charge on any atom is -0.494 e. The van der Waals surface area contributed by atoms with E-state index in [2.05, 4.69) is 22.1 Å². The summed E-state index contributed by atoms with van der Waals surface area (Å²) in [6.45, 7) is 10.4. The van der Waals surface area contributed by atoms with Gasteiger partial charge >= 0.3 is 6.09 Å². The predicted octanol–water partition coefficient (Wildman–Crippen LogP) is 3.16. The van der Waals surface area contributed by atoms with Crippen LogP contribution in [0.2, 0.25) is 0 Å². The van der Waals surface area contributed by atoms with E-state index in [-0.39, 0.29) is 5.91 Å². The van der Waals surface area contributed by atoms with Gasteiger partial charge in [0.25, 0.3) is 0 Å². The number of benzene rings is 1. The highest BCUT2D eigenvalue weighted by Crippen LogP contribution is 2.37. The number of ether oxygens (including phenoxy) is 2. The lowest BCUT2D eigenvalue weighted by atomic mass is 10.2. The maximum Gasteiger partial charge on any atom is 0.412 e. The fourth-order valence-corrected chi connectivity index (χ4v) is 2.32. The van der Waals surface area contributed by atoms with Crippen molar-refractivity contribution in [1.82, 2.24) is 4.90 Å². The average molecular weight is 393 g/mol. The van der Waals surface area contributed by atoms with E-state index in [4.69, 9.17) is 9.47 Å². The van der Waals surface area contributed by atoms with Gasteiger partial charge in [0.15, 0.2) is 0 Å². The minimum absolute atomic E-state index is 0.351. The van der Waals surface area contributed by atoms with Crippen molar-refractivity contribution in [3.63, 3.8) is 0 Å². The summed E-state index contributed by atoms with van der Waals surface area (Å²) in [5.74, 6) is 0.102. The molecule has 0 atom stereocenters. The lowest BCUT2D eigenvalue weighted by molar-refractivity contribution is -0.111. The Hall–Kier alpha value is -2.74. The van der Waals surface area contributed by atoms with Crippen molar-refractivity contribution in [2.45, 2.75) is 26.4 Å². The number of amides is 2. The number of hydrogen-bond acceptors (Lipinski definition) is 6. The van der Waals surface area contributed by atoms with Gasteiger partial charge in [-0.15, -0.1) is 0 Å². The largest absolute Gasteiger partial charge is 0.494 e. The van der Waals surface area contributed by atoms with Crippen LogP contribution in [0.15, 0.2) is 24.8 Å². The summed E-state index contributed by atoms with van der Waals surface area (Å²) in [6, 6.07) is 3.41. The summed E-state index contributed by atoms with van der Waals surface area (Å²) >= 11 is 0. The highest BCUT2D eigenvalue weighted by molar-refractivity contribution is 6.02.